The van der Waals surface area contributed by atoms with Gasteiger partial charge in [0.05, 0.1) is 25.2 Å². The molecule has 0 saturated heterocycles. The minimum absolute atomic E-state index is 0.0973. The molecule has 0 aliphatic heterocycles. The van der Waals surface area contributed by atoms with E-state index in [1.807, 2.05) is 0 Å². The van der Waals surface area contributed by atoms with E-state index in [9.17, 15) is 4.79 Å². The van der Waals surface area contributed by atoms with E-state index in [0.29, 0.717) is 32.9 Å². The summed E-state index contributed by atoms with van der Waals surface area (Å²) in [5.41, 5.74) is 5.47. The third-order valence-electron chi connectivity index (χ3n) is 3.65. The summed E-state index contributed by atoms with van der Waals surface area (Å²) in [6.07, 6.45) is 5.26. The molecule has 1 aliphatic carbocycles. The van der Waals surface area contributed by atoms with Crippen molar-refractivity contribution in [1.29, 1.82) is 0 Å². The van der Waals surface area contributed by atoms with E-state index in [1.54, 1.807) is 7.11 Å². The zero-order valence-electron chi connectivity index (χ0n) is 11.4. The quantitative estimate of drug-likeness (QED) is 0.628. The molecule has 1 amide bonds. The van der Waals surface area contributed by atoms with Gasteiger partial charge in [-0.3, -0.25) is 4.79 Å². The van der Waals surface area contributed by atoms with Gasteiger partial charge in [-0.2, -0.15) is 0 Å². The highest BCUT2D eigenvalue weighted by molar-refractivity contribution is 5.83. The maximum atomic E-state index is 12.2. The van der Waals surface area contributed by atoms with Crippen LogP contribution in [0.5, 0.6) is 0 Å². The van der Waals surface area contributed by atoms with Crippen molar-refractivity contribution in [3.63, 3.8) is 0 Å². The van der Waals surface area contributed by atoms with Crippen LogP contribution in [0.25, 0.3) is 0 Å². The molecule has 0 heterocycles. The third-order valence-corrected chi connectivity index (χ3v) is 3.65. The number of hydrogen-bond donors (Lipinski definition) is 2. The van der Waals surface area contributed by atoms with Crippen LogP contribution >= 0.6 is 0 Å². The predicted molar refractivity (Wildman–Crippen MR) is 70.3 cm³/mol. The lowest BCUT2D eigenvalue weighted by Gasteiger charge is -2.34. The van der Waals surface area contributed by atoms with Gasteiger partial charge in [0.25, 0.3) is 0 Å². The van der Waals surface area contributed by atoms with Gasteiger partial charge in [-0.1, -0.05) is 19.3 Å². The summed E-state index contributed by atoms with van der Waals surface area (Å²) < 4.78 is 10.2. The monoisotopic (exact) mass is 258 g/mol. The zero-order chi connectivity index (χ0) is 13.3. The van der Waals surface area contributed by atoms with Crippen molar-refractivity contribution in [1.82, 2.24) is 5.32 Å². The van der Waals surface area contributed by atoms with Gasteiger partial charge < -0.3 is 20.5 Å². The topological polar surface area (TPSA) is 73.6 Å². The lowest BCUT2D eigenvalue weighted by molar-refractivity contribution is -0.132. The predicted octanol–water partition coefficient (Wildman–Crippen LogP) is 0.675. The number of ether oxygens (including phenoxy) is 2. The molecule has 18 heavy (non-hydrogen) atoms. The van der Waals surface area contributed by atoms with E-state index in [4.69, 9.17) is 15.2 Å². The molecule has 3 N–H and O–H groups in total. The average Bonchev–Trinajstić information content (AvgIpc) is 2.43. The van der Waals surface area contributed by atoms with Gasteiger partial charge in [-0.05, 0) is 12.8 Å². The van der Waals surface area contributed by atoms with Crippen LogP contribution in [-0.2, 0) is 14.3 Å². The Bertz CT molecular complexity index is 240. The Labute approximate surface area is 109 Å². The van der Waals surface area contributed by atoms with E-state index in [0.717, 1.165) is 25.7 Å². The first-order chi connectivity index (χ1) is 8.75. The highest BCUT2D eigenvalue weighted by atomic mass is 16.5. The minimum Gasteiger partial charge on any atom is -0.382 e. The molecule has 1 fully saturated rings. The third kappa shape index (κ3) is 4.55. The summed E-state index contributed by atoms with van der Waals surface area (Å²) in [4.78, 5) is 12.2. The lowest BCUT2D eigenvalue weighted by atomic mass is 9.73. The molecule has 0 bridgehead atoms. The fourth-order valence-electron chi connectivity index (χ4n) is 2.42. The number of methoxy groups -OCH3 is 1. The molecule has 0 spiro atoms. The van der Waals surface area contributed by atoms with E-state index < -0.39 is 0 Å². The van der Waals surface area contributed by atoms with Crippen LogP contribution in [0, 0.1) is 5.41 Å². The number of nitrogens with two attached hydrogens (primary N) is 1. The van der Waals surface area contributed by atoms with Crippen molar-refractivity contribution in [2.75, 3.05) is 40.0 Å². The maximum absolute atomic E-state index is 12.2. The fourth-order valence-corrected chi connectivity index (χ4v) is 2.42. The normalized spacial score (nSPS) is 18.6. The first kappa shape index (κ1) is 15.4. The Kier molecular flexibility index (Phi) is 7.23. The highest BCUT2D eigenvalue weighted by Gasteiger charge is 2.37. The highest BCUT2D eigenvalue weighted by Crippen LogP contribution is 2.35. The summed E-state index contributed by atoms with van der Waals surface area (Å²) in [7, 11) is 1.64. The van der Waals surface area contributed by atoms with Gasteiger partial charge >= 0.3 is 0 Å². The molecule has 0 radical (unpaired) electrons. The zero-order valence-corrected chi connectivity index (χ0v) is 11.4. The number of hydrogen-bond acceptors (Lipinski definition) is 4. The van der Waals surface area contributed by atoms with Crippen LogP contribution < -0.4 is 11.1 Å². The second-order valence-electron chi connectivity index (χ2n) is 4.91. The molecule has 1 aliphatic rings. The molecular formula is C13H26N2O3. The van der Waals surface area contributed by atoms with Crippen LogP contribution in [0.3, 0.4) is 0 Å². The Balaban J connectivity index is 2.21. The van der Waals surface area contributed by atoms with Crippen molar-refractivity contribution in [2.45, 2.75) is 32.1 Å². The summed E-state index contributed by atoms with van der Waals surface area (Å²) in [5.74, 6) is 0.0973. The van der Waals surface area contributed by atoms with Crippen molar-refractivity contribution in [3.05, 3.63) is 0 Å². The number of carbonyl (C=O) groups excluding carboxylic acids is 1. The number of carbonyl (C=O) groups is 1. The molecule has 0 atom stereocenters. The van der Waals surface area contributed by atoms with E-state index >= 15 is 0 Å². The first-order valence-corrected chi connectivity index (χ1v) is 6.80. The Morgan fingerprint density at radius 1 is 1.22 bits per heavy atom. The maximum Gasteiger partial charge on any atom is 0.227 e. The van der Waals surface area contributed by atoms with Gasteiger partial charge in [0.1, 0.15) is 0 Å². The van der Waals surface area contributed by atoms with Crippen molar-refractivity contribution < 1.29 is 14.3 Å². The van der Waals surface area contributed by atoms with Crippen LogP contribution in [0.2, 0.25) is 0 Å². The van der Waals surface area contributed by atoms with E-state index in [2.05, 4.69) is 5.32 Å². The molecule has 1 rings (SSSR count). The molecule has 5 nitrogen and oxygen atoms in total. The molecular weight excluding hydrogens is 232 g/mol. The van der Waals surface area contributed by atoms with Crippen LogP contribution in [0.1, 0.15) is 32.1 Å². The molecule has 0 aromatic rings. The van der Waals surface area contributed by atoms with E-state index in [1.165, 1.54) is 6.42 Å². The summed E-state index contributed by atoms with van der Waals surface area (Å²) in [6.45, 7) is 2.67. The Morgan fingerprint density at radius 2 is 1.94 bits per heavy atom. The summed E-state index contributed by atoms with van der Waals surface area (Å²) >= 11 is 0. The smallest absolute Gasteiger partial charge is 0.227 e. The van der Waals surface area contributed by atoms with Crippen LogP contribution in [0.15, 0.2) is 0 Å². The molecule has 106 valence electrons. The minimum atomic E-state index is -0.329. The van der Waals surface area contributed by atoms with Gasteiger partial charge in [0.2, 0.25) is 5.91 Å². The van der Waals surface area contributed by atoms with Crippen LogP contribution in [0.4, 0.5) is 0 Å². The Hall–Kier alpha value is -0.650. The number of nitrogens with one attached hydrogen (secondary N) is 1. The Morgan fingerprint density at radius 3 is 2.56 bits per heavy atom. The van der Waals surface area contributed by atoms with Crippen molar-refractivity contribution >= 4 is 5.91 Å². The van der Waals surface area contributed by atoms with E-state index in [-0.39, 0.29) is 11.3 Å². The second-order valence-corrected chi connectivity index (χ2v) is 4.91. The fraction of sp³-hybridized carbons (Fsp3) is 0.923. The van der Waals surface area contributed by atoms with Gasteiger partial charge in [0, 0.05) is 20.2 Å². The average molecular weight is 258 g/mol. The SMILES string of the molecule is COCCOCCNC(=O)C1(CN)CCCCC1. The van der Waals surface area contributed by atoms with Gasteiger partial charge in [-0.15, -0.1) is 0 Å². The van der Waals surface area contributed by atoms with Crippen molar-refractivity contribution in [2.24, 2.45) is 11.1 Å². The van der Waals surface area contributed by atoms with Crippen molar-refractivity contribution in [3.8, 4) is 0 Å². The molecule has 1 saturated carbocycles. The lowest BCUT2D eigenvalue weighted by Crippen LogP contribution is -2.47. The van der Waals surface area contributed by atoms with Gasteiger partial charge in [-0.25, -0.2) is 0 Å². The number of rotatable bonds is 8. The molecule has 0 aromatic heterocycles. The molecule has 0 unspecified atom stereocenters. The first-order valence-electron chi connectivity index (χ1n) is 6.80. The van der Waals surface area contributed by atoms with Crippen LogP contribution in [-0.4, -0.2) is 45.9 Å². The summed E-state index contributed by atoms with van der Waals surface area (Å²) in [6, 6.07) is 0. The number of amides is 1. The second kappa shape index (κ2) is 8.45. The van der Waals surface area contributed by atoms with Gasteiger partial charge in [0.15, 0.2) is 0 Å². The largest absolute Gasteiger partial charge is 0.382 e. The molecule has 0 aromatic carbocycles. The molecule has 5 heteroatoms. The summed E-state index contributed by atoms with van der Waals surface area (Å²) in [5, 5.41) is 2.94. The standard InChI is InChI=1S/C13H26N2O3/c1-17-9-10-18-8-7-15-12(16)13(11-14)5-3-2-4-6-13/h2-11,14H2,1H3,(H,15,16).